The van der Waals surface area contributed by atoms with Crippen LogP contribution < -0.4 is 4.90 Å². The topological polar surface area (TPSA) is 66.6 Å². The molecule has 2 fully saturated rings. The third-order valence-electron chi connectivity index (χ3n) is 4.78. The smallest absolute Gasteiger partial charge is 0.255 e. The van der Waals surface area contributed by atoms with Gasteiger partial charge in [-0.2, -0.15) is 14.5 Å². The summed E-state index contributed by atoms with van der Waals surface area (Å²) < 4.78 is 1.70. The summed E-state index contributed by atoms with van der Waals surface area (Å²) in [6.45, 7) is 4.90. The molecule has 1 amide bonds. The molecule has 1 saturated heterocycles. The minimum Gasteiger partial charge on any atom is -0.339 e. The van der Waals surface area contributed by atoms with Gasteiger partial charge in [-0.1, -0.05) is 18.0 Å². The van der Waals surface area contributed by atoms with Gasteiger partial charge >= 0.3 is 0 Å². The quantitative estimate of drug-likeness (QED) is 0.779. The normalized spacial score (nSPS) is 19.2. The average Bonchev–Trinajstić information content (AvgIpc) is 2.90. The van der Waals surface area contributed by atoms with E-state index in [0.29, 0.717) is 22.8 Å². The number of aromatic nitrogens is 4. The summed E-state index contributed by atoms with van der Waals surface area (Å²) in [4.78, 5) is 25.1. The molecule has 0 radical (unpaired) electrons. The number of anilines is 1. The van der Waals surface area contributed by atoms with Crippen molar-refractivity contribution in [2.24, 2.45) is 5.92 Å². The molecule has 4 rings (SSSR count). The zero-order valence-corrected chi connectivity index (χ0v) is 13.8. The third-order valence-corrected chi connectivity index (χ3v) is 4.97. The molecule has 0 aromatic carbocycles. The molecular weight excluding hydrogens is 316 g/mol. The number of amides is 1. The molecule has 1 saturated carbocycles. The second kappa shape index (κ2) is 5.63. The second-order valence-corrected chi connectivity index (χ2v) is 6.67. The number of aryl methyl sites for hydroxylation is 1. The standard InChI is InChI=1S/C15H19ClN6O/c1-10-9-12(16)17-14-18-15(19-22(10)14)21-7-5-20(6-8-21)13(23)11-3-2-4-11/h9,11H,2-8H2,1H3. The lowest BCUT2D eigenvalue weighted by atomic mass is 9.84. The summed E-state index contributed by atoms with van der Waals surface area (Å²) in [5.74, 6) is 1.75. The first-order valence-electron chi connectivity index (χ1n) is 8.05. The van der Waals surface area contributed by atoms with Crippen LogP contribution in [0.2, 0.25) is 5.15 Å². The van der Waals surface area contributed by atoms with Crippen molar-refractivity contribution < 1.29 is 4.79 Å². The van der Waals surface area contributed by atoms with E-state index in [0.717, 1.165) is 44.7 Å². The lowest BCUT2D eigenvalue weighted by Gasteiger charge is -2.37. The average molecular weight is 335 g/mol. The highest BCUT2D eigenvalue weighted by molar-refractivity contribution is 6.29. The fourth-order valence-corrected chi connectivity index (χ4v) is 3.37. The number of halogens is 1. The number of carbonyl (C=O) groups is 1. The minimum absolute atomic E-state index is 0.267. The van der Waals surface area contributed by atoms with E-state index in [1.54, 1.807) is 10.6 Å². The largest absolute Gasteiger partial charge is 0.339 e. The van der Waals surface area contributed by atoms with Crippen molar-refractivity contribution in [2.45, 2.75) is 26.2 Å². The number of rotatable bonds is 2. The van der Waals surface area contributed by atoms with Gasteiger partial charge in [-0.25, -0.2) is 0 Å². The highest BCUT2D eigenvalue weighted by Crippen LogP contribution is 2.28. The van der Waals surface area contributed by atoms with Crippen LogP contribution in [0.5, 0.6) is 0 Å². The molecule has 122 valence electrons. The summed E-state index contributed by atoms with van der Waals surface area (Å²) in [7, 11) is 0. The highest BCUT2D eigenvalue weighted by Gasteiger charge is 2.31. The first-order valence-corrected chi connectivity index (χ1v) is 8.43. The molecule has 1 aliphatic carbocycles. The van der Waals surface area contributed by atoms with Crippen molar-refractivity contribution in [1.29, 1.82) is 0 Å². The molecule has 8 heteroatoms. The van der Waals surface area contributed by atoms with Crippen LogP contribution in [0.4, 0.5) is 5.95 Å². The van der Waals surface area contributed by atoms with Gasteiger partial charge in [0.25, 0.3) is 5.78 Å². The van der Waals surface area contributed by atoms with Crippen molar-refractivity contribution >= 4 is 29.2 Å². The van der Waals surface area contributed by atoms with Crippen molar-refractivity contribution in [3.05, 3.63) is 16.9 Å². The molecule has 7 nitrogen and oxygen atoms in total. The minimum atomic E-state index is 0.267. The maximum absolute atomic E-state index is 12.3. The van der Waals surface area contributed by atoms with Gasteiger partial charge in [0.15, 0.2) is 0 Å². The van der Waals surface area contributed by atoms with Crippen molar-refractivity contribution in [3.8, 4) is 0 Å². The number of hydrogen-bond donors (Lipinski definition) is 0. The van der Waals surface area contributed by atoms with Gasteiger partial charge in [0.05, 0.1) is 0 Å². The summed E-state index contributed by atoms with van der Waals surface area (Å²) in [6, 6.07) is 1.77. The van der Waals surface area contributed by atoms with Crippen LogP contribution in [0.1, 0.15) is 25.0 Å². The Morgan fingerprint density at radius 3 is 2.61 bits per heavy atom. The van der Waals surface area contributed by atoms with Crippen LogP contribution in [0.15, 0.2) is 6.07 Å². The Balaban J connectivity index is 1.48. The zero-order chi connectivity index (χ0) is 16.0. The van der Waals surface area contributed by atoms with E-state index in [1.807, 2.05) is 11.8 Å². The maximum atomic E-state index is 12.3. The molecule has 2 aliphatic rings. The van der Waals surface area contributed by atoms with Gasteiger partial charge in [-0.15, -0.1) is 5.10 Å². The Morgan fingerprint density at radius 1 is 1.22 bits per heavy atom. The van der Waals surface area contributed by atoms with E-state index in [4.69, 9.17) is 11.6 Å². The molecule has 2 aromatic heterocycles. The summed E-state index contributed by atoms with van der Waals surface area (Å²) in [5.41, 5.74) is 0.901. The Bertz CT molecular complexity index is 748. The van der Waals surface area contributed by atoms with Crippen LogP contribution in [0, 0.1) is 12.8 Å². The van der Waals surface area contributed by atoms with Crippen LogP contribution >= 0.6 is 11.6 Å². The maximum Gasteiger partial charge on any atom is 0.255 e. The molecule has 0 atom stereocenters. The van der Waals surface area contributed by atoms with Crippen molar-refractivity contribution in [2.75, 3.05) is 31.1 Å². The van der Waals surface area contributed by atoms with Gasteiger partial charge < -0.3 is 9.80 Å². The SMILES string of the molecule is Cc1cc(Cl)nc2nc(N3CCN(C(=O)C4CCC4)CC3)nn12. The van der Waals surface area contributed by atoms with Crippen LogP contribution in [0.3, 0.4) is 0 Å². The highest BCUT2D eigenvalue weighted by atomic mass is 35.5. The number of hydrogen-bond acceptors (Lipinski definition) is 5. The van der Waals surface area contributed by atoms with Crippen molar-refractivity contribution in [3.63, 3.8) is 0 Å². The van der Waals surface area contributed by atoms with Gasteiger partial charge in [-0.3, -0.25) is 4.79 Å². The number of fused-ring (bicyclic) bond motifs is 1. The second-order valence-electron chi connectivity index (χ2n) is 6.28. The van der Waals surface area contributed by atoms with Gasteiger partial charge in [0, 0.05) is 37.8 Å². The number of carbonyl (C=O) groups excluding carboxylic acids is 1. The lowest BCUT2D eigenvalue weighted by molar-refractivity contribution is -0.138. The fourth-order valence-electron chi connectivity index (χ4n) is 3.14. The van der Waals surface area contributed by atoms with E-state index < -0.39 is 0 Å². The van der Waals surface area contributed by atoms with Gasteiger partial charge in [-0.05, 0) is 25.8 Å². The molecular formula is C15H19ClN6O. The fraction of sp³-hybridized carbons (Fsp3) is 0.600. The van der Waals surface area contributed by atoms with E-state index in [2.05, 4.69) is 20.0 Å². The summed E-state index contributed by atoms with van der Waals surface area (Å²) in [5, 5.41) is 4.94. The Labute approximate surface area is 139 Å². The Kier molecular flexibility index (Phi) is 3.60. The monoisotopic (exact) mass is 334 g/mol. The zero-order valence-electron chi connectivity index (χ0n) is 13.1. The first kappa shape index (κ1) is 14.7. The molecule has 0 N–H and O–H groups in total. The van der Waals surface area contributed by atoms with Crippen LogP contribution in [0.25, 0.3) is 5.78 Å². The van der Waals surface area contributed by atoms with E-state index >= 15 is 0 Å². The molecule has 23 heavy (non-hydrogen) atoms. The van der Waals surface area contributed by atoms with Gasteiger partial charge in [0.1, 0.15) is 5.15 Å². The third kappa shape index (κ3) is 2.63. The molecule has 0 spiro atoms. The molecule has 0 unspecified atom stereocenters. The first-order chi connectivity index (χ1) is 11.1. The summed E-state index contributed by atoms with van der Waals surface area (Å²) in [6.07, 6.45) is 3.30. The predicted octanol–water partition coefficient (Wildman–Crippen LogP) is 1.53. The molecule has 0 bridgehead atoms. The number of nitrogens with zero attached hydrogens (tertiary/aromatic N) is 6. The van der Waals surface area contributed by atoms with E-state index in [1.165, 1.54) is 6.42 Å². The van der Waals surface area contributed by atoms with E-state index in [-0.39, 0.29) is 5.92 Å². The predicted molar refractivity (Wildman–Crippen MR) is 86.7 cm³/mol. The van der Waals surface area contributed by atoms with Gasteiger partial charge in [0.2, 0.25) is 11.9 Å². The van der Waals surface area contributed by atoms with Crippen LogP contribution in [-0.4, -0.2) is 56.6 Å². The summed E-state index contributed by atoms with van der Waals surface area (Å²) >= 11 is 5.97. The lowest BCUT2D eigenvalue weighted by Crippen LogP contribution is -2.51. The molecule has 2 aromatic rings. The Morgan fingerprint density at radius 2 is 1.96 bits per heavy atom. The molecule has 1 aliphatic heterocycles. The Hall–Kier alpha value is -1.89. The van der Waals surface area contributed by atoms with E-state index in [9.17, 15) is 4.79 Å². The number of piperazine rings is 1. The molecule has 3 heterocycles. The van der Waals surface area contributed by atoms with Crippen molar-refractivity contribution in [1.82, 2.24) is 24.5 Å². The van der Waals surface area contributed by atoms with Crippen LogP contribution in [-0.2, 0) is 4.79 Å².